The van der Waals surface area contributed by atoms with E-state index in [9.17, 15) is 0 Å². The second-order valence-corrected chi connectivity index (χ2v) is 7.35. The molecule has 0 fully saturated rings. The van der Waals surface area contributed by atoms with Gasteiger partial charge in [-0.05, 0) is 61.3 Å². The molecule has 0 aliphatic heterocycles. The van der Waals surface area contributed by atoms with Gasteiger partial charge in [-0.3, -0.25) is 9.71 Å². The second-order valence-electron chi connectivity index (χ2n) is 5.55. The summed E-state index contributed by atoms with van der Waals surface area (Å²) in [4.78, 5) is 5.38. The molecule has 0 saturated heterocycles. The minimum atomic E-state index is 0.153. The molecule has 0 aliphatic rings. The average Bonchev–Trinajstić information content (AvgIpc) is 2.64. The van der Waals surface area contributed by atoms with Crippen molar-refractivity contribution in [1.82, 2.24) is 9.71 Å². The standard InChI is InChI=1S/C19H19BrN2O2S/c1-13(22-25-19-11-14(20)8-9-18(19)23-2)12-24-17-7-3-6-16-15(17)5-4-10-21-16/h3-11,13,22H,12H2,1-2H3/t13-/m0/s1. The number of nitrogens with one attached hydrogen (secondary N) is 1. The number of pyridine rings is 1. The van der Waals surface area contributed by atoms with Crippen LogP contribution in [0.15, 0.2) is 64.1 Å². The number of methoxy groups -OCH3 is 1. The molecule has 3 rings (SSSR count). The SMILES string of the molecule is COc1ccc(Br)cc1SN[C@@H](C)COc1cccc2ncccc12. The van der Waals surface area contributed by atoms with Crippen molar-refractivity contribution in [3.8, 4) is 11.5 Å². The van der Waals surface area contributed by atoms with Crippen molar-refractivity contribution in [3.05, 3.63) is 59.2 Å². The maximum atomic E-state index is 5.99. The minimum absolute atomic E-state index is 0.153. The van der Waals surface area contributed by atoms with Gasteiger partial charge in [0, 0.05) is 22.1 Å². The van der Waals surface area contributed by atoms with Gasteiger partial charge in [-0.2, -0.15) is 0 Å². The zero-order valence-corrected chi connectivity index (χ0v) is 16.4. The molecule has 1 aromatic heterocycles. The van der Waals surface area contributed by atoms with Crippen molar-refractivity contribution in [1.29, 1.82) is 0 Å². The Bertz CT molecular complexity index is 854. The van der Waals surface area contributed by atoms with Gasteiger partial charge in [0.2, 0.25) is 0 Å². The Kier molecular flexibility index (Phi) is 6.18. The first-order chi connectivity index (χ1) is 12.2. The highest BCUT2D eigenvalue weighted by atomic mass is 79.9. The maximum Gasteiger partial charge on any atom is 0.133 e. The van der Waals surface area contributed by atoms with Crippen LogP contribution in [0.1, 0.15) is 6.92 Å². The Hall–Kier alpha value is -1.76. The summed E-state index contributed by atoms with van der Waals surface area (Å²) >= 11 is 5.02. The number of hydrogen-bond donors (Lipinski definition) is 1. The Morgan fingerprint density at radius 1 is 1.16 bits per heavy atom. The number of rotatable bonds is 7. The van der Waals surface area contributed by atoms with Gasteiger partial charge in [-0.15, -0.1) is 0 Å². The third kappa shape index (κ3) is 4.66. The summed E-state index contributed by atoms with van der Waals surface area (Å²) in [6.07, 6.45) is 1.79. The molecule has 6 heteroatoms. The zero-order chi connectivity index (χ0) is 17.6. The van der Waals surface area contributed by atoms with Crippen LogP contribution in [-0.2, 0) is 0 Å². The smallest absolute Gasteiger partial charge is 0.133 e. The van der Waals surface area contributed by atoms with Gasteiger partial charge >= 0.3 is 0 Å². The van der Waals surface area contributed by atoms with Crippen molar-refractivity contribution in [2.75, 3.05) is 13.7 Å². The number of fused-ring (bicyclic) bond motifs is 1. The summed E-state index contributed by atoms with van der Waals surface area (Å²) < 4.78 is 15.8. The van der Waals surface area contributed by atoms with E-state index in [1.54, 1.807) is 13.3 Å². The molecule has 0 aliphatic carbocycles. The van der Waals surface area contributed by atoms with E-state index in [1.807, 2.05) is 48.5 Å². The Balaban J connectivity index is 1.60. The van der Waals surface area contributed by atoms with E-state index < -0.39 is 0 Å². The van der Waals surface area contributed by atoms with Crippen LogP contribution in [0.4, 0.5) is 0 Å². The van der Waals surface area contributed by atoms with Gasteiger partial charge in [0.05, 0.1) is 17.5 Å². The van der Waals surface area contributed by atoms with Crippen molar-refractivity contribution < 1.29 is 9.47 Å². The number of aromatic nitrogens is 1. The first-order valence-corrected chi connectivity index (χ1v) is 9.51. The number of benzene rings is 2. The highest BCUT2D eigenvalue weighted by Gasteiger charge is 2.09. The van der Waals surface area contributed by atoms with Gasteiger partial charge in [0.15, 0.2) is 0 Å². The van der Waals surface area contributed by atoms with Gasteiger partial charge in [0.1, 0.15) is 18.1 Å². The molecule has 0 saturated carbocycles. The van der Waals surface area contributed by atoms with E-state index in [4.69, 9.17) is 9.47 Å². The normalized spacial score (nSPS) is 12.1. The molecule has 0 unspecified atom stereocenters. The summed E-state index contributed by atoms with van der Waals surface area (Å²) in [6.45, 7) is 2.64. The topological polar surface area (TPSA) is 43.4 Å². The first-order valence-electron chi connectivity index (χ1n) is 7.90. The summed E-state index contributed by atoms with van der Waals surface area (Å²) in [5, 5.41) is 1.03. The lowest BCUT2D eigenvalue weighted by Crippen LogP contribution is -2.26. The van der Waals surface area contributed by atoms with Crippen LogP contribution < -0.4 is 14.2 Å². The molecule has 1 N–H and O–H groups in total. The van der Waals surface area contributed by atoms with Crippen LogP contribution >= 0.6 is 27.9 Å². The molecule has 0 radical (unpaired) electrons. The Labute approximate surface area is 160 Å². The van der Waals surface area contributed by atoms with Crippen molar-refractivity contribution >= 4 is 38.8 Å². The van der Waals surface area contributed by atoms with E-state index in [1.165, 1.54) is 11.9 Å². The largest absolute Gasteiger partial charge is 0.496 e. The van der Waals surface area contributed by atoms with Gasteiger partial charge in [0.25, 0.3) is 0 Å². The number of hydrogen-bond acceptors (Lipinski definition) is 5. The summed E-state index contributed by atoms with van der Waals surface area (Å²) in [7, 11) is 1.67. The van der Waals surface area contributed by atoms with Crippen LogP contribution in [0.5, 0.6) is 11.5 Å². The molecule has 2 aromatic carbocycles. The summed E-state index contributed by atoms with van der Waals surface area (Å²) in [5.41, 5.74) is 0.939. The predicted octanol–water partition coefficient (Wildman–Crippen LogP) is 5.07. The van der Waals surface area contributed by atoms with Gasteiger partial charge < -0.3 is 9.47 Å². The van der Waals surface area contributed by atoms with E-state index in [0.717, 1.165) is 31.8 Å². The van der Waals surface area contributed by atoms with Crippen LogP contribution in [0, 0.1) is 0 Å². The van der Waals surface area contributed by atoms with Crippen molar-refractivity contribution in [2.24, 2.45) is 0 Å². The molecular weight excluding hydrogens is 400 g/mol. The molecular formula is C19H19BrN2O2S. The molecule has 1 heterocycles. The fourth-order valence-corrected chi connectivity index (χ4v) is 3.69. The molecule has 25 heavy (non-hydrogen) atoms. The highest BCUT2D eigenvalue weighted by Crippen LogP contribution is 2.30. The third-order valence-corrected chi connectivity index (χ3v) is 5.14. The second kappa shape index (κ2) is 8.56. The minimum Gasteiger partial charge on any atom is -0.496 e. The summed E-state index contributed by atoms with van der Waals surface area (Å²) in [5.74, 6) is 1.69. The average molecular weight is 419 g/mol. The fourth-order valence-electron chi connectivity index (χ4n) is 2.34. The van der Waals surface area contributed by atoms with Gasteiger partial charge in [-0.1, -0.05) is 22.0 Å². The molecule has 1 atom stereocenters. The number of halogens is 1. The van der Waals surface area contributed by atoms with Gasteiger partial charge in [-0.25, -0.2) is 0 Å². The number of ether oxygens (including phenoxy) is 2. The monoisotopic (exact) mass is 418 g/mol. The fraction of sp³-hybridized carbons (Fsp3) is 0.211. The van der Waals surface area contributed by atoms with E-state index in [2.05, 4.69) is 32.6 Å². The molecule has 0 bridgehead atoms. The lowest BCUT2D eigenvalue weighted by Gasteiger charge is -2.16. The van der Waals surface area contributed by atoms with Crippen LogP contribution in [0.3, 0.4) is 0 Å². The van der Waals surface area contributed by atoms with E-state index in [0.29, 0.717) is 6.61 Å². The van der Waals surface area contributed by atoms with Crippen LogP contribution in [-0.4, -0.2) is 24.7 Å². The Morgan fingerprint density at radius 3 is 2.88 bits per heavy atom. The van der Waals surface area contributed by atoms with E-state index in [-0.39, 0.29) is 6.04 Å². The molecule has 0 spiro atoms. The Morgan fingerprint density at radius 2 is 2.04 bits per heavy atom. The van der Waals surface area contributed by atoms with Crippen LogP contribution in [0.2, 0.25) is 0 Å². The first kappa shape index (κ1) is 18.0. The highest BCUT2D eigenvalue weighted by molar-refractivity contribution is 9.10. The summed E-state index contributed by atoms with van der Waals surface area (Å²) in [6, 6.07) is 16.0. The quantitative estimate of drug-likeness (QED) is 0.542. The maximum absolute atomic E-state index is 5.99. The molecule has 0 amide bonds. The predicted molar refractivity (Wildman–Crippen MR) is 106 cm³/mol. The van der Waals surface area contributed by atoms with Crippen molar-refractivity contribution in [3.63, 3.8) is 0 Å². The lowest BCUT2D eigenvalue weighted by atomic mass is 10.2. The lowest BCUT2D eigenvalue weighted by molar-refractivity contribution is 0.293. The van der Waals surface area contributed by atoms with E-state index >= 15 is 0 Å². The molecule has 130 valence electrons. The third-order valence-electron chi connectivity index (χ3n) is 3.59. The number of nitrogens with zero attached hydrogens (tertiary/aromatic N) is 1. The van der Waals surface area contributed by atoms with Crippen LogP contribution in [0.25, 0.3) is 10.9 Å². The zero-order valence-electron chi connectivity index (χ0n) is 14.0. The van der Waals surface area contributed by atoms with Crippen molar-refractivity contribution in [2.45, 2.75) is 17.9 Å². The molecule has 4 nitrogen and oxygen atoms in total. The molecule has 3 aromatic rings.